The smallest absolute Gasteiger partial charge is 0.264 e. The van der Waals surface area contributed by atoms with Gasteiger partial charge < -0.3 is 4.57 Å². The maximum atomic E-state index is 12.2. The first kappa shape index (κ1) is 15.8. The Morgan fingerprint density at radius 3 is 2.37 bits per heavy atom. The van der Waals surface area contributed by atoms with Crippen molar-refractivity contribution in [1.29, 1.82) is 0 Å². The molecule has 0 saturated heterocycles. The molecule has 1 heterocycles. The van der Waals surface area contributed by atoms with E-state index in [-0.39, 0.29) is 11.0 Å². The van der Waals surface area contributed by atoms with Crippen molar-refractivity contribution in [2.45, 2.75) is 45.1 Å². The van der Waals surface area contributed by atoms with Gasteiger partial charge in [-0.2, -0.15) is 0 Å². The number of nitrogens with zero attached hydrogens (tertiary/aromatic N) is 1. The molecule has 2 nitrogen and oxygen atoms in total. The monoisotopic (exact) mass is 453 g/mol. The van der Waals surface area contributed by atoms with Crippen molar-refractivity contribution in [3.63, 3.8) is 0 Å². The zero-order valence-corrected chi connectivity index (χ0v) is 15.6. The molecular weight excluding hydrogens is 438 g/mol. The van der Waals surface area contributed by atoms with E-state index in [9.17, 15) is 4.79 Å². The van der Waals surface area contributed by atoms with Gasteiger partial charge in [0.1, 0.15) is 0 Å². The van der Waals surface area contributed by atoms with Crippen molar-refractivity contribution < 1.29 is 0 Å². The van der Waals surface area contributed by atoms with Crippen LogP contribution >= 0.6 is 47.8 Å². The van der Waals surface area contributed by atoms with Crippen LogP contribution in [0.4, 0.5) is 0 Å². The Hall–Kier alpha value is 0.390. The van der Waals surface area contributed by atoms with E-state index in [1.165, 1.54) is 38.5 Å². The van der Waals surface area contributed by atoms with Crippen molar-refractivity contribution in [3.8, 4) is 0 Å². The van der Waals surface area contributed by atoms with Crippen LogP contribution in [0.3, 0.4) is 0 Å². The van der Waals surface area contributed by atoms with Crippen LogP contribution in [0.15, 0.2) is 26.0 Å². The lowest BCUT2D eigenvalue weighted by molar-refractivity contribution is 0.239. The highest BCUT2D eigenvalue weighted by molar-refractivity contribution is 9.11. The molecule has 5 heteroatoms. The van der Waals surface area contributed by atoms with Crippen LogP contribution in [0, 0.1) is 5.41 Å². The van der Waals surface area contributed by atoms with Crippen molar-refractivity contribution in [2.24, 2.45) is 5.41 Å². The zero-order chi connectivity index (χ0) is 13.9. The van der Waals surface area contributed by atoms with E-state index in [4.69, 9.17) is 0 Å². The van der Waals surface area contributed by atoms with E-state index >= 15 is 0 Å². The maximum Gasteiger partial charge on any atom is 0.264 e. The molecule has 106 valence electrons. The number of hydrogen-bond donors (Lipinski definition) is 0. The van der Waals surface area contributed by atoms with Gasteiger partial charge in [0.2, 0.25) is 0 Å². The predicted octanol–water partition coefficient (Wildman–Crippen LogP) is 5.11. The third-order valence-electron chi connectivity index (χ3n) is 3.96. The quantitative estimate of drug-likeness (QED) is 0.458. The Morgan fingerprint density at radius 1 is 1.16 bits per heavy atom. The van der Waals surface area contributed by atoms with Gasteiger partial charge in [0.25, 0.3) is 5.56 Å². The molecule has 0 atom stereocenters. The van der Waals surface area contributed by atoms with Crippen LogP contribution in [0.1, 0.15) is 38.5 Å². The standard InChI is InChI=1S/C14H18Br3NO/c15-9-14(5-3-1-2-4-6-14)10-18-8-11(16)7-12(17)13(18)19/h7-8H,1-6,9-10H2. The first-order valence-corrected chi connectivity index (χ1v) is 9.39. The summed E-state index contributed by atoms with van der Waals surface area (Å²) >= 11 is 10.5. The van der Waals surface area contributed by atoms with E-state index in [1.807, 2.05) is 16.8 Å². The number of aromatic nitrogens is 1. The maximum absolute atomic E-state index is 12.2. The highest BCUT2D eigenvalue weighted by Crippen LogP contribution is 2.38. The summed E-state index contributed by atoms with van der Waals surface area (Å²) in [4.78, 5) is 12.2. The molecule has 19 heavy (non-hydrogen) atoms. The Balaban J connectivity index is 2.29. The van der Waals surface area contributed by atoms with Gasteiger partial charge in [-0.05, 0) is 56.2 Å². The number of halogens is 3. The molecule has 0 N–H and O–H groups in total. The van der Waals surface area contributed by atoms with Crippen molar-refractivity contribution in [3.05, 3.63) is 31.6 Å². The van der Waals surface area contributed by atoms with Crippen LogP contribution < -0.4 is 5.56 Å². The summed E-state index contributed by atoms with van der Waals surface area (Å²) in [6.07, 6.45) is 9.51. The molecule has 1 saturated carbocycles. The normalized spacial score (nSPS) is 19.1. The van der Waals surface area contributed by atoms with Gasteiger partial charge in [-0.25, -0.2) is 0 Å². The lowest BCUT2D eigenvalue weighted by Crippen LogP contribution is -2.33. The summed E-state index contributed by atoms with van der Waals surface area (Å²) in [6.45, 7) is 0.801. The van der Waals surface area contributed by atoms with Gasteiger partial charge in [-0.1, -0.05) is 41.6 Å². The number of hydrogen-bond acceptors (Lipinski definition) is 1. The largest absolute Gasteiger partial charge is 0.313 e. The van der Waals surface area contributed by atoms with Crippen LogP contribution in [-0.2, 0) is 6.54 Å². The molecule has 0 aromatic carbocycles. The van der Waals surface area contributed by atoms with Gasteiger partial charge in [0, 0.05) is 22.5 Å². The molecule has 0 amide bonds. The molecule has 1 aliphatic rings. The number of rotatable bonds is 3. The van der Waals surface area contributed by atoms with E-state index in [1.54, 1.807) is 0 Å². The SMILES string of the molecule is O=c1c(Br)cc(Br)cn1CC1(CBr)CCCCCC1. The molecule has 0 bridgehead atoms. The van der Waals surface area contributed by atoms with E-state index in [0.29, 0.717) is 4.47 Å². The summed E-state index contributed by atoms with van der Waals surface area (Å²) in [6, 6.07) is 1.81. The third kappa shape index (κ3) is 3.94. The second kappa shape index (κ2) is 6.90. The summed E-state index contributed by atoms with van der Waals surface area (Å²) in [7, 11) is 0. The fourth-order valence-electron chi connectivity index (χ4n) is 2.86. The topological polar surface area (TPSA) is 22.0 Å². The second-order valence-corrected chi connectivity index (χ2v) is 7.82. The number of alkyl halides is 1. The summed E-state index contributed by atoms with van der Waals surface area (Å²) in [5.74, 6) is 0. The molecule has 1 aromatic heterocycles. The molecule has 2 rings (SSSR count). The predicted molar refractivity (Wildman–Crippen MR) is 90.0 cm³/mol. The number of pyridine rings is 1. The highest BCUT2D eigenvalue weighted by Gasteiger charge is 2.30. The van der Waals surface area contributed by atoms with Gasteiger partial charge in [-0.3, -0.25) is 4.79 Å². The molecule has 1 fully saturated rings. The van der Waals surface area contributed by atoms with Crippen LogP contribution in [0.2, 0.25) is 0 Å². The summed E-state index contributed by atoms with van der Waals surface area (Å²) in [5, 5.41) is 0.969. The fraction of sp³-hybridized carbons (Fsp3) is 0.643. The summed E-state index contributed by atoms with van der Waals surface area (Å²) < 4.78 is 3.42. The average Bonchev–Trinajstić information content (AvgIpc) is 2.61. The Bertz CT molecular complexity index is 490. The van der Waals surface area contributed by atoms with Crippen LogP contribution in [0.5, 0.6) is 0 Å². The molecule has 1 aromatic rings. The van der Waals surface area contributed by atoms with E-state index < -0.39 is 0 Å². The fourth-order valence-corrected chi connectivity index (χ4v) is 4.85. The molecule has 0 spiro atoms. The Morgan fingerprint density at radius 2 is 1.79 bits per heavy atom. The molecular formula is C14H18Br3NO. The zero-order valence-electron chi connectivity index (χ0n) is 10.8. The molecule has 0 unspecified atom stereocenters. The van der Waals surface area contributed by atoms with E-state index in [2.05, 4.69) is 47.8 Å². The minimum atomic E-state index is 0.0628. The van der Waals surface area contributed by atoms with Gasteiger partial charge in [0.05, 0.1) is 4.47 Å². The third-order valence-corrected chi connectivity index (χ3v) is 6.15. The lowest BCUT2D eigenvalue weighted by Gasteiger charge is -2.31. The van der Waals surface area contributed by atoms with Gasteiger partial charge in [0.15, 0.2) is 0 Å². The van der Waals surface area contributed by atoms with Crippen molar-refractivity contribution in [1.82, 2.24) is 4.57 Å². The molecule has 0 radical (unpaired) electrons. The van der Waals surface area contributed by atoms with E-state index in [0.717, 1.165) is 16.3 Å². The first-order valence-electron chi connectivity index (χ1n) is 6.68. The second-order valence-electron chi connectivity index (χ2n) is 5.49. The van der Waals surface area contributed by atoms with Crippen LogP contribution in [0.25, 0.3) is 0 Å². The highest BCUT2D eigenvalue weighted by atomic mass is 79.9. The Kier molecular flexibility index (Phi) is 5.73. The molecule has 0 aliphatic heterocycles. The van der Waals surface area contributed by atoms with Gasteiger partial charge in [-0.15, -0.1) is 0 Å². The summed E-state index contributed by atoms with van der Waals surface area (Å²) in [5.41, 5.74) is 0.286. The van der Waals surface area contributed by atoms with Crippen LogP contribution in [-0.4, -0.2) is 9.90 Å². The average molecular weight is 456 g/mol. The first-order chi connectivity index (χ1) is 9.06. The van der Waals surface area contributed by atoms with Crippen molar-refractivity contribution in [2.75, 3.05) is 5.33 Å². The minimum absolute atomic E-state index is 0.0628. The minimum Gasteiger partial charge on any atom is -0.313 e. The Labute approximate surface area is 139 Å². The van der Waals surface area contributed by atoms with Gasteiger partial charge >= 0.3 is 0 Å². The molecule has 1 aliphatic carbocycles. The van der Waals surface area contributed by atoms with Crippen molar-refractivity contribution >= 4 is 47.8 Å². The lowest BCUT2D eigenvalue weighted by atomic mass is 9.82.